The highest BCUT2D eigenvalue weighted by Crippen LogP contribution is 2.18. The number of rotatable bonds is 7. The third-order valence-corrected chi connectivity index (χ3v) is 4.34. The van der Waals surface area contributed by atoms with Crippen LogP contribution in [0.25, 0.3) is 0 Å². The average molecular weight is 288 g/mol. The van der Waals surface area contributed by atoms with E-state index < -0.39 is 0 Å². The van der Waals surface area contributed by atoms with Crippen LogP contribution < -0.4 is 5.32 Å². The van der Waals surface area contributed by atoms with Crippen LogP contribution in [0.2, 0.25) is 0 Å². The molecule has 0 aliphatic carbocycles. The molecule has 108 valence electrons. The maximum Gasteiger partial charge on any atom is 0.0328 e. The first kappa shape index (κ1) is 15.2. The summed E-state index contributed by atoms with van der Waals surface area (Å²) in [6.07, 6.45) is 0. The Hall–Kier alpha value is -1.16. The number of hydrogen-bond acceptors (Lipinski definition) is 3. The minimum atomic E-state index is 0.989. The lowest BCUT2D eigenvalue weighted by Gasteiger charge is -2.15. The van der Waals surface area contributed by atoms with Gasteiger partial charge in [-0.05, 0) is 38.2 Å². The fourth-order valence-corrected chi connectivity index (χ4v) is 3.25. The summed E-state index contributed by atoms with van der Waals surface area (Å²) in [6.45, 7) is 8.31. The van der Waals surface area contributed by atoms with E-state index in [2.05, 4.69) is 67.5 Å². The highest BCUT2D eigenvalue weighted by Gasteiger charge is 2.05. The standard InChI is InChI=1S/C17H24N2S/c1-4-18-11-16-9-10-17(20-16)13-19(3)12-15-7-5-14(2)6-8-15/h5-10,18H,4,11-13H2,1-3H3. The molecule has 0 aliphatic heterocycles. The summed E-state index contributed by atoms with van der Waals surface area (Å²) in [7, 11) is 2.18. The maximum absolute atomic E-state index is 3.37. The fraction of sp³-hybridized carbons (Fsp3) is 0.412. The zero-order valence-corrected chi connectivity index (χ0v) is 13.5. The lowest BCUT2D eigenvalue weighted by atomic mass is 10.1. The maximum atomic E-state index is 3.37. The summed E-state index contributed by atoms with van der Waals surface area (Å²) in [5.74, 6) is 0. The zero-order valence-electron chi connectivity index (χ0n) is 12.6. The van der Waals surface area contributed by atoms with Gasteiger partial charge >= 0.3 is 0 Å². The highest BCUT2D eigenvalue weighted by molar-refractivity contribution is 7.11. The lowest BCUT2D eigenvalue weighted by molar-refractivity contribution is 0.322. The summed E-state index contributed by atoms with van der Waals surface area (Å²) in [5.41, 5.74) is 2.70. The van der Waals surface area contributed by atoms with Crippen molar-refractivity contribution in [3.8, 4) is 0 Å². The molecule has 0 spiro atoms. The van der Waals surface area contributed by atoms with E-state index in [1.165, 1.54) is 20.9 Å². The third-order valence-electron chi connectivity index (χ3n) is 3.27. The first-order chi connectivity index (χ1) is 9.67. The number of nitrogens with zero attached hydrogens (tertiary/aromatic N) is 1. The summed E-state index contributed by atoms with van der Waals surface area (Å²) < 4.78 is 0. The van der Waals surface area contributed by atoms with E-state index >= 15 is 0 Å². The highest BCUT2D eigenvalue weighted by atomic mass is 32.1. The molecule has 0 saturated carbocycles. The van der Waals surface area contributed by atoms with Gasteiger partial charge in [-0.1, -0.05) is 36.8 Å². The van der Waals surface area contributed by atoms with Gasteiger partial charge in [-0.25, -0.2) is 0 Å². The second kappa shape index (κ2) is 7.58. The quantitative estimate of drug-likeness (QED) is 0.833. The number of aryl methyl sites for hydroxylation is 1. The molecule has 0 bridgehead atoms. The fourth-order valence-electron chi connectivity index (χ4n) is 2.18. The van der Waals surface area contributed by atoms with E-state index in [-0.39, 0.29) is 0 Å². The molecule has 0 radical (unpaired) electrons. The van der Waals surface area contributed by atoms with Crippen LogP contribution in [0.1, 0.15) is 27.8 Å². The van der Waals surface area contributed by atoms with E-state index in [9.17, 15) is 0 Å². The lowest BCUT2D eigenvalue weighted by Crippen LogP contribution is -2.16. The topological polar surface area (TPSA) is 15.3 Å². The van der Waals surface area contributed by atoms with Crippen molar-refractivity contribution in [1.29, 1.82) is 0 Å². The van der Waals surface area contributed by atoms with Gasteiger partial charge in [0.15, 0.2) is 0 Å². The van der Waals surface area contributed by atoms with Gasteiger partial charge < -0.3 is 5.32 Å². The Morgan fingerprint density at radius 1 is 1.00 bits per heavy atom. The van der Waals surface area contributed by atoms with Gasteiger partial charge in [0.25, 0.3) is 0 Å². The Labute approximate surface area is 126 Å². The van der Waals surface area contributed by atoms with E-state index in [0.717, 1.165) is 26.2 Å². The van der Waals surface area contributed by atoms with Gasteiger partial charge in [-0.3, -0.25) is 4.90 Å². The van der Waals surface area contributed by atoms with E-state index in [1.54, 1.807) is 0 Å². The number of nitrogens with one attached hydrogen (secondary N) is 1. The number of benzene rings is 1. The molecular weight excluding hydrogens is 264 g/mol. The first-order valence-corrected chi connectivity index (χ1v) is 8.01. The Morgan fingerprint density at radius 2 is 1.70 bits per heavy atom. The van der Waals surface area contributed by atoms with Crippen molar-refractivity contribution in [3.05, 3.63) is 57.3 Å². The van der Waals surface area contributed by atoms with Crippen molar-refractivity contribution in [2.24, 2.45) is 0 Å². The molecule has 0 atom stereocenters. The molecule has 0 fully saturated rings. The summed E-state index contributed by atoms with van der Waals surface area (Å²) in [5, 5.41) is 3.37. The average Bonchev–Trinajstić information content (AvgIpc) is 2.86. The zero-order chi connectivity index (χ0) is 14.4. The van der Waals surface area contributed by atoms with Crippen molar-refractivity contribution in [3.63, 3.8) is 0 Å². The first-order valence-electron chi connectivity index (χ1n) is 7.19. The molecule has 20 heavy (non-hydrogen) atoms. The van der Waals surface area contributed by atoms with Gasteiger partial charge in [0.05, 0.1) is 0 Å². The molecule has 0 saturated heterocycles. The number of thiophene rings is 1. The largest absolute Gasteiger partial charge is 0.312 e. The van der Waals surface area contributed by atoms with Crippen LogP contribution in [-0.2, 0) is 19.6 Å². The van der Waals surface area contributed by atoms with Crippen LogP contribution in [0.4, 0.5) is 0 Å². The summed E-state index contributed by atoms with van der Waals surface area (Å²) in [4.78, 5) is 5.23. The van der Waals surface area contributed by atoms with Crippen LogP contribution in [0, 0.1) is 6.92 Å². The molecule has 2 aromatic rings. The van der Waals surface area contributed by atoms with Gasteiger partial charge in [0.2, 0.25) is 0 Å². The summed E-state index contributed by atoms with van der Waals surface area (Å²) >= 11 is 1.91. The predicted octanol–water partition coefficient (Wildman–Crippen LogP) is 3.80. The second-order valence-electron chi connectivity index (χ2n) is 5.31. The molecule has 1 N–H and O–H groups in total. The molecule has 2 rings (SSSR count). The monoisotopic (exact) mass is 288 g/mol. The smallest absolute Gasteiger partial charge is 0.0328 e. The Bertz CT molecular complexity index is 516. The van der Waals surface area contributed by atoms with Gasteiger partial charge in [0.1, 0.15) is 0 Å². The van der Waals surface area contributed by atoms with E-state index in [4.69, 9.17) is 0 Å². The van der Waals surface area contributed by atoms with Crippen molar-refractivity contribution in [2.45, 2.75) is 33.5 Å². The molecule has 1 aromatic heterocycles. The van der Waals surface area contributed by atoms with Gasteiger partial charge in [-0.15, -0.1) is 11.3 Å². The Balaban J connectivity index is 1.86. The van der Waals surface area contributed by atoms with Crippen LogP contribution >= 0.6 is 11.3 Å². The molecule has 1 heterocycles. The third kappa shape index (κ3) is 4.75. The van der Waals surface area contributed by atoms with E-state index in [1.807, 2.05) is 11.3 Å². The van der Waals surface area contributed by atoms with Gasteiger partial charge in [-0.2, -0.15) is 0 Å². The minimum absolute atomic E-state index is 0.989. The van der Waals surface area contributed by atoms with E-state index in [0.29, 0.717) is 0 Å². The normalized spacial score (nSPS) is 11.2. The SMILES string of the molecule is CCNCc1ccc(CN(C)Cc2ccc(C)cc2)s1. The molecular formula is C17H24N2S. The molecule has 0 amide bonds. The van der Waals surface area contributed by atoms with Crippen LogP contribution in [-0.4, -0.2) is 18.5 Å². The van der Waals surface area contributed by atoms with Crippen molar-refractivity contribution >= 4 is 11.3 Å². The summed E-state index contributed by atoms with van der Waals surface area (Å²) in [6, 6.07) is 13.3. The molecule has 3 heteroatoms. The second-order valence-corrected chi connectivity index (χ2v) is 6.56. The Kier molecular flexibility index (Phi) is 5.77. The van der Waals surface area contributed by atoms with Gasteiger partial charge in [0, 0.05) is 29.4 Å². The number of hydrogen-bond donors (Lipinski definition) is 1. The van der Waals surface area contributed by atoms with Crippen LogP contribution in [0.15, 0.2) is 36.4 Å². The van der Waals surface area contributed by atoms with Crippen LogP contribution in [0.5, 0.6) is 0 Å². The van der Waals surface area contributed by atoms with Crippen LogP contribution in [0.3, 0.4) is 0 Å². The molecule has 0 aliphatic rings. The van der Waals surface area contributed by atoms with Crippen molar-refractivity contribution in [1.82, 2.24) is 10.2 Å². The molecule has 1 aromatic carbocycles. The molecule has 2 nitrogen and oxygen atoms in total. The van der Waals surface area contributed by atoms with Crippen molar-refractivity contribution < 1.29 is 0 Å². The molecule has 0 unspecified atom stereocenters. The minimum Gasteiger partial charge on any atom is -0.312 e. The Morgan fingerprint density at radius 3 is 2.40 bits per heavy atom. The predicted molar refractivity (Wildman–Crippen MR) is 88.0 cm³/mol. The van der Waals surface area contributed by atoms with Crippen molar-refractivity contribution in [2.75, 3.05) is 13.6 Å².